The van der Waals surface area contributed by atoms with Crippen molar-refractivity contribution in [3.8, 4) is 0 Å². The zero-order valence-corrected chi connectivity index (χ0v) is 24.9. The molecule has 1 heterocycles. The van der Waals surface area contributed by atoms with Gasteiger partial charge in [-0.05, 0) is 73.0 Å². The third kappa shape index (κ3) is 6.55. The highest BCUT2D eigenvalue weighted by Crippen LogP contribution is 2.49. The van der Waals surface area contributed by atoms with E-state index in [1.165, 1.54) is 18.2 Å². The Balaban J connectivity index is 1.30. The van der Waals surface area contributed by atoms with E-state index in [1.807, 2.05) is 6.07 Å². The van der Waals surface area contributed by atoms with Crippen molar-refractivity contribution < 1.29 is 40.6 Å². The molecule has 2 unspecified atom stereocenters. The second kappa shape index (κ2) is 12.5. The number of nitrogens with one attached hydrogen (secondary N) is 1. The minimum atomic E-state index is -4.96. The van der Waals surface area contributed by atoms with Crippen LogP contribution in [-0.2, 0) is 38.6 Å². The van der Waals surface area contributed by atoms with Gasteiger partial charge >= 0.3 is 12.4 Å². The predicted molar refractivity (Wildman–Crippen MR) is 154 cm³/mol. The average molecular weight is 625 g/mol. The second-order valence-corrected chi connectivity index (χ2v) is 12.4. The molecule has 1 spiro atoms. The fraction of sp³-hybridized carbons (Fsp3) is 0.545. The molecule has 2 aliphatic carbocycles. The van der Waals surface area contributed by atoms with E-state index >= 15 is 0 Å². The number of likely N-dealkylation sites (tertiary alicyclic amines) is 1. The molecule has 1 saturated carbocycles. The van der Waals surface area contributed by atoms with Crippen molar-refractivity contribution >= 4 is 12.0 Å². The predicted octanol–water partition coefficient (Wildman–Crippen LogP) is 6.85. The molecule has 0 bridgehead atoms. The number of nitrogens with zero attached hydrogens (tertiary/aromatic N) is 1. The van der Waals surface area contributed by atoms with Crippen LogP contribution in [0.3, 0.4) is 0 Å². The first-order chi connectivity index (χ1) is 20.8. The summed E-state index contributed by atoms with van der Waals surface area (Å²) in [5.41, 5.74) is -1.48. The first-order valence-corrected chi connectivity index (χ1v) is 14.9. The van der Waals surface area contributed by atoms with Crippen LogP contribution in [-0.4, -0.2) is 56.9 Å². The van der Waals surface area contributed by atoms with Gasteiger partial charge in [0, 0.05) is 31.7 Å². The molecule has 1 saturated heterocycles. The van der Waals surface area contributed by atoms with Crippen molar-refractivity contribution in [2.75, 3.05) is 40.0 Å². The second-order valence-electron chi connectivity index (χ2n) is 12.4. The van der Waals surface area contributed by atoms with Gasteiger partial charge in [0.05, 0.1) is 36.4 Å². The molecule has 2 fully saturated rings. The van der Waals surface area contributed by atoms with Gasteiger partial charge in [-0.3, -0.25) is 9.69 Å². The zero-order valence-electron chi connectivity index (χ0n) is 24.9. The molecule has 5 rings (SSSR count). The fourth-order valence-corrected chi connectivity index (χ4v) is 7.27. The number of ether oxygens (including phenoxy) is 2. The quantitative estimate of drug-likeness (QED) is 0.245. The van der Waals surface area contributed by atoms with Gasteiger partial charge in [0.2, 0.25) is 5.91 Å². The summed E-state index contributed by atoms with van der Waals surface area (Å²) in [6.07, 6.45) is -2.75. The van der Waals surface area contributed by atoms with Crippen molar-refractivity contribution in [3.05, 3.63) is 76.4 Å². The number of fused-ring (bicyclic) bond motifs is 2. The SMILES string of the molecule is COCCOCC1(C(=O)NCc2cc(C(F)(F)F)cc(C(F)(F)F)c2)CCC(N2CC[C@@]3(C=Cc4ccccc43)[C@@H](C)C2)C1. The van der Waals surface area contributed by atoms with E-state index in [0.29, 0.717) is 37.5 Å². The van der Waals surface area contributed by atoms with Gasteiger partial charge < -0.3 is 14.8 Å². The molecule has 0 radical (unpaired) electrons. The Bertz CT molecular complexity index is 1340. The van der Waals surface area contributed by atoms with Crippen LogP contribution < -0.4 is 5.32 Å². The van der Waals surface area contributed by atoms with Crippen molar-refractivity contribution in [2.24, 2.45) is 11.3 Å². The van der Waals surface area contributed by atoms with Gasteiger partial charge in [0.15, 0.2) is 0 Å². The molecule has 2 aromatic rings. The maximum Gasteiger partial charge on any atom is 0.416 e. The number of hydrogen-bond donors (Lipinski definition) is 1. The highest BCUT2D eigenvalue weighted by molar-refractivity contribution is 5.83. The highest BCUT2D eigenvalue weighted by atomic mass is 19.4. The molecule has 1 amide bonds. The van der Waals surface area contributed by atoms with Crippen LogP contribution in [0.5, 0.6) is 0 Å². The standard InChI is InChI=1S/C33H38F6N2O3/c1-22-20-41(12-11-31(22)10-7-24-5-3-4-6-28(24)31)27-8-9-30(18-27,21-44-14-13-43-2)29(42)40-19-23-15-25(32(34,35)36)17-26(16-23)33(37,38)39/h3-7,10,15-17,22,27H,8-9,11-14,18-21H2,1-2H3,(H,40,42)/t22-,27?,30?,31-/m0/s1. The van der Waals surface area contributed by atoms with Gasteiger partial charge in [0.25, 0.3) is 0 Å². The number of amides is 1. The first kappa shape index (κ1) is 32.5. The Morgan fingerprint density at radius 1 is 1.02 bits per heavy atom. The third-order valence-electron chi connectivity index (χ3n) is 9.71. The van der Waals surface area contributed by atoms with Gasteiger partial charge in [0.1, 0.15) is 0 Å². The maximum atomic E-state index is 13.7. The summed E-state index contributed by atoms with van der Waals surface area (Å²) in [6, 6.07) is 9.93. The van der Waals surface area contributed by atoms with Gasteiger partial charge in [-0.15, -0.1) is 0 Å². The fourth-order valence-electron chi connectivity index (χ4n) is 7.27. The van der Waals surface area contributed by atoms with E-state index in [4.69, 9.17) is 9.47 Å². The molecular weight excluding hydrogens is 586 g/mol. The molecule has 4 atom stereocenters. The van der Waals surface area contributed by atoms with Crippen molar-refractivity contribution in [1.82, 2.24) is 10.2 Å². The summed E-state index contributed by atoms with van der Waals surface area (Å²) in [5, 5.41) is 2.65. The van der Waals surface area contributed by atoms with Gasteiger partial charge in [-0.1, -0.05) is 43.3 Å². The zero-order chi connectivity index (χ0) is 31.8. The van der Waals surface area contributed by atoms with Crippen LogP contribution in [0.25, 0.3) is 6.08 Å². The lowest BCUT2D eigenvalue weighted by Crippen LogP contribution is -2.51. The number of carbonyl (C=O) groups excluding carboxylic acids is 1. The number of methoxy groups -OCH3 is 1. The monoisotopic (exact) mass is 624 g/mol. The van der Waals surface area contributed by atoms with E-state index in [-0.39, 0.29) is 36.3 Å². The summed E-state index contributed by atoms with van der Waals surface area (Å²) < 4.78 is 91.1. The number of rotatable bonds is 9. The van der Waals surface area contributed by atoms with Crippen molar-refractivity contribution in [3.63, 3.8) is 0 Å². The summed E-state index contributed by atoms with van der Waals surface area (Å²) in [6.45, 7) is 4.14. The number of alkyl halides is 6. The van der Waals surface area contributed by atoms with Crippen LogP contribution >= 0.6 is 0 Å². The lowest BCUT2D eigenvalue weighted by atomic mass is 9.67. The van der Waals surface area contributed by atoms with Gasteiger partial charge in [-0.25, -0.2) is 0 Å². The Hall–Kier alpha value is -2.89. The number of halogens is 6. The van der Waals surface area contributed by atoms with Crippen molar-refractivity contribution in [2.45, 2.75) is 63.0 Å². The van der Waals surface area contributed by atoms with Crippen molar-refractivity contribution in [1.29, 1.82) is 0 Å². The van der Waals surface area contributed by atoms with Crippen LogP contribution in [0.4, 0.5) is 26.3 Å². The largest absolute Gasteiger partial charge is 0.416 e. The number of carbonyl (C=O) groups is 1. The van der Waals surface area contributed by atoms with E-state index in [0.717, 1.165) is 25.9 Å². The molecule has 3 aliphatic rings. The van der Waals surface area contributed by atoms with E-state index in [9.17, 15) is 31.1 Å². The molecule has 1 aliphatic heterocycles. The molecule has 240 valence electrons. The minimum absolute atomic E-state index is 0.0242. The molecule has 0 aromatic heterocycles. The topological polar surface area (TPSA) is 50.8 Å². The Labute approximate surface area is 253 Å². The Morgan fingerprint density at radius 3 is 2.39 bits per heavy atom. The van der Waals surface area contributed by atoms with Crippen LogP contribution in [0.1, 0.15) is 60.4 Å². The molecule has 11 heteroatoms. The summed E-state index contributed by atoms with van der Waals surface area (Å²) >= 11 is 0. The number of hydrogen-bond acceptors (Lipinski definition) is 4. The first-order valence-electron chi connectivity index (χ1n) is 14.9. The van der Waals surface area contributed by atoms with E-state index < -0.39 is 41.3 Å². The van der Waals surface area contributed by atoms with Crippen LogP contribution in [0, 0.1) is 11.3 Å². The molecule has 1 N–H and O–H groups in total. The average Bonchev–Trinajstić information content (AvgIpc) is 3.58. The van der Waals surface area contributed by atoms with E-state index in [2.05, 4.69) is 47.5 Å². The third-order valence-corrected chi connectivity index (χ3v) is 9.71. The Morgan fingerprint density at radius 2 is 1.73 bits per heavy atom. The summed E-state index contributed by atoms with van der Waals surface area (Å²) in [7, 11) is 1.53. The smallest absolute Gasteiger partial charge is 0.382 e. The Kier molecular flexibility index (Phi) is 9.22. The number of benzene rings is 2. The van der Waals surface area contributed by atoms with Crippen LogP contribution in [0.15, 0.2) is 48.5 Å². The maximum absolute atomic E-state index is 13.7. The molecule has 44 heavy (non-hydrogen) atoms. The molecular formula is C33H38F6N2O3. The molecule has 5 nitrogen and oxygen atoms in total. The lowest BCUT2D eigenvalue weighted by molar-refractivity contribution is -0.143. The number of allylic oxidation sites excluding steroid dienone is 1. The summed E-state index contributed by atoms with van der Waals surface area (Å²) in [5.74, 6) is -0.0979. The number of piperidine rings is 1. The highest BCUT2D eigenvalue weighted by Gasteiger charge is 2.50. The normalized spacial score (nSPS) is 27.2. The summed E-state index contributed by atoms with van der Waals surface area (Å²) in [4.78, 5) is 16.1. The minimum Gasteiger partial charge on any atom is -0.382 e. The lowest BCUT2D eigenvalue weighted by Gasteiger charge is -2.46. The van der Waals surface area contributed by atoms with Gasteiger partial charge in [-0.2, -0.15) is 26.3 Å². The van der Waals surface area contributed by atoms with E-state index in [1.54, 1.807) is 0 Å². The van der Waals surface area contributed by atoms with Crippen LogP contribution in [0.2, 0.25) is 0 Å². The molecule has 2 aromatic carbocycles.